The average molecular weight is 243 g/mol. The van der Waals surface area contributed by atoms with Crippen LogP contribution in [0.3, 0.4) is 0 Å². The lowest BCUT2D eigenvalue weighted by Gasteiger charge is -2.09. The first kappa shape index (κ1) is 15.2. The highest BCUT2D eigenvalue weighted by Gasteiger charge is 2.20. The zero-order chi connectivity index (χ0) is 13.4. The van der Waals surface area contributed by atoms with E-state index in [1.165, 1.54) is 14.0 Å². The van der Waals surface area contributed by atoms with E-state index in [9.17, 15) is 14.7 Å². The van der Waals surface area contributed by atoms with Crippen LogP contribution in [-0.4, -0.2) is 43.0 Å². The Morgan fingerprint density at radius 3 is 2.24 bits per heavy atom. The van der Waals surface area contributed by atoms with E-state index >= 15 is 0 Å². The summed E-state index contributed by atoms with van der Waals surface area (Å²) < 4.78 is 9.37. The van der Waals surface area contributed by atoms with Crippen LogP contribution in [0.2, 0.25) is 0 Å². The predicted octanol–water partition coefficient (Wildman–Crippen LogP) is 1.02. The first-order chi connectivity index (χ1) is 7.93. The molecule has 0 fully saturated rings. The maximum absolute atomic E-state index is 11.6. The molecule has 0 atom stereocenters. The fourth-order valence-electron chi connectivity index (χ4n) is 1.03. The summed E-state index contributed by atoms with van der Waals surface area (Å²) in [6, 6.07) is 0. The van der Waals surface area contributed by atoms with Crippen LogP contribution >= 0.6 is 0 Å². The first-order valence-electron chi connectivity index (χ1n) is 5.10. The Bertz CT molecular complexity index is 357. The Kier molecular flexibility index (Phi) is 6.62. The summed E-state index contributed by atoms with van der Waals surface area (Å²) in [4.78, 5) is 26.0. The SMILES string of the molecule is CCOC(=O)/C(C(C)=NC)=C(\O)COC(C)=O. The van der Waals surface area contributed by atoms with Crippen molar-refractivity contribution < 1.29 is 24.2 Å². The van der Waals surface area contributed by atoms with E-state index in [0.717, 1.165) is 0 Å². The van der Waals surface area contributed by atoms with Crippen LogP contribution in [0.1, 0.15) is 20.8 Å². The van der Waals surface area contributed by atoms with Gasteiger partial charge in [-0.05, 0) is 13.8 Å². The minimum Gasteiger partial charge on any atom is -0.508 e. The van der Waals surface area contributed by atoms with Gasteiger partial charge in [-0.3, -0.25) is 9.79 Å². The normalized spacial score (nSPS) is 12.8. The molecule has 96 valence electrons. The van der Waals surface area contributed by atoms with E-state index in [0.29, 0.717) is 5.71 Å². The molecule has 6 heteroatoms. The van der Waals surface area contributed by atoms with E-state index < -0.39 is 11.9 Å². The number of aliphatic hydroxyl groups is 1. The van der Waals surface area contributed by atoms with Gasteiger partial charge in [0.2, 0.25) is 0 Å². The lowest BCUT2D eigenvalue weighted by Crippen LogP contribution is -2.19. The third kappa shape index (κ3) is 5.14. The van der Waals surface area contributed by atoms with Gasteiger partial charge in [0.15, 0.2) is 0 Å². The molecule has 0 unspecified atom stereocenters. The molecule has 0 aromatic heterocycles. The van der Waals surface area contributed by atoms with E-state index in [1.54, 1.807) is 13.8 Å². The van der Waals surface area contributed by atoms with Crippen LogP contribution in [0.25, 0.3) is 0 Å². The van der Waals surface area contributed by atoms with Crippen molar-refractivity contribution in [1.29, 1.82) is 0 Å². The zero-order valence-corrected chi connectivity index (χ0v) is 10.4. The van der Waals surface area contributed by atoms with Gasteiger partial charge >= 0.3 is 11.9 Å². The van der Waals surface area contributed by atoms with Crippen molar-refractivity contribution in [3.8, 4) is 0 Å². The maximum Gasteiger partial charge on any atom is 0.343 e. The molecule has 1 N–H and O–H groups in total. The summed E-state index contributed by atoms with van der Waals surface area (Å²) in [5.41, 5.74) is 0.240. The van der Waals surface area contributed by atoms with Gasteiger partial charge < -0.3 is 14.6 Å². The summed E-state index contributed by atoms with van der Waals surface area (Å²) in [6.07, 6.45) is 0. The highest BCUT2D eigenvalue weighted by atomic mass is 16.5. The smallest absolute Gasteiger partial charge is 0.343 e. The van der Waals surface area contributed by atoms with Crippen LogP contribution in [0, 0.1) is 0 Å². The van der Waals surface area contributed by atoms with E-state index in [-0.39, 0.29) is 24.5 Å². The fourth-order valence-corrected chi connectivity index (χ4v) is 1.03. The maximum atomic E-state index is 11.6. The number of rotatable bonds is 5. The van der Waals surface area contributed by atoms with E-state index in [2.05, 4.69) is 9.73 Å². The Morgan fingerprint density at radius 1 is 1.24 bits per heavy atom. The molecule has 0 aliphatic rings. The van der Waals surface area contributed by atoms with Gasteiger partial charge in [0, 0.05) is 19.7 Å². The van der Waals surface area contributed by atoms with Gasteiger partial charge in [-0.15, -0.1) is 0 Å². The standard InChI is InChI=1S/C11H17NO5/c1-5-16-11(15)10(7(2)12-4)9(14)6-17-8(3)13/h14H,5-6H2,1-4H3/b10-9-,12-7?. The fraction of sp³-hybridized carbons (Fsp3) is 0.545. The predicted molar refractivity (Wildman–Crippen MR) is 62.0 cm³/mol. The summed E-state index contributed by atoms with van der Waals surface area (Å²) in [5, 5.41) is 9.68. The van der Waals surface area contributed by atoms with Gasteiger partial charge in [-0.2, -0.15) is 0 Å². The Hall–Kier alpha value is -1.85. The molecule has 0 saturated carbocycles. The molecule has 0 rings (SSSR count). The van der Waals surface area contributed by atoms with Gasteiger partial charge in [-0.25, -0.2) is 4.79 Å². The van der Waals surface area contributed by atoms with Gasteiger partial charge in [0.25, 0.3) is 0 Å². The number of nitrogens with zero attached hydrogens (tertiary/aromatic N) is 1. The highest BCUT2D eigenvalue weighted by Crippen LogP contribution is 2.08. The van der Waals surface area contributed by atoms with Gasteiger partial charge in [0.1, 0.15) is 17.9 Å². The summed E-state index contributed by atoms with van der Waals surface area (Å²) >= 11 is 0. The second-order valence-electron chi connectivity index (χ2n) is 3.13. The highest BCUT2D eigenvalue weighted by molar-refractivity contribution is 6.19. The second-order valence-corrected chi connectivity index (χ2v) is 3.13. The quantitative estimate of drug-likeness (QED) is 0.337. The van der Waals surface area contributed by atoms with Crippen LogP contribution in [0.15, 0.2) is 16.3 Å². The summed E-state index contributed by atoms with van der Waals surface area (Å²) in [7, 11) is 1.48. The third-order valence-electron chi connectivity index (χ3n) is 1.88. The minimum absolute atomic E-state index is 0.0735. The summed E-state index contributed by atoms with van der Waals surface area (Å²) in [5.74, 6) is -1.62. The number of aliphatic hydroxyl groups excluding tert-OH is 1. The van der Waals surface area contributed by atoms with Crippen LogP contribution in [0.4, 0.5) is 0 Å². The lowest BCUT2D eigenvalue weighted by molar-refractivity contribution is -0.142. The first-order valence-corrected chi connectivity index (χ1v) is 5.10. The van der Waals surface area contributed by atoms with Crippen molar-refractivity contribution in [2.75, 3.05) is 20.3 Å². The average Bonchev–Trinajstić information content (AvgIpc) is 2.26. The molecule has 0 radical (unpaired) electrons. The molecule has 0 aromatic carbocycles. The van der Waals surface area contributed by atoms with E-state index in [1.807, 2.05) is 0 Å². The zero-order valence-electron chi connectivity index (χ0n) is 10.4. The largest absolute Gasteiger partial charge is 0.508 e. The van der Waals surface area contributed by atoms with Crippen LogP contribution < -0.4 is 0 Å². The number of hydrogen-bond acceptors (Lipinski definition) is 6. The van der Waals surface area contributed by atoms with Crippen molar-refractivity contribution >= 4 is 17.7 Å². The second kappa shape index (κ2) is 7.43. The molecule has 0 aliphatic heterocycles. The van der Waals surface area contributed by atoms with Crippen molar-refractivity contribution in [2.24, 2.45) is 4.99 Å². The van der Waals surface area contributed by atoms with Crippen molar-refractivity contribution in [3.63, 3.8) is 0 Å². The molecule has 0 amide bonds. The molecular weight excluding hydrogens is 226 g/mol. The minimum atomic E-state index is -0.694. The topological polar surface area (TPSA) is 85.2 Å². The number of carbonyl (C=O) groups excluding carboxylic acids is 2. The van der Waals surface area contributed by atoms with Gasteiger partial charge in [-0.1, -0.05) is 0 Å². The number of ether oxygens (including phenoxy) is 2. The Balaban J connectivity index is 5.07. The molecule has 6 nitrogen and oxygen atoms in total. The molecule has 0 bridgehead atoms. The van der Waals surface area contributed by atoms with Crippen molar-refractivity contribution in [3.05, 3.63) is 11.3 Å². The molecule has 17 heavy (non-hydrogen) atoms. The van der Waals surface area contributed by atoms with Crippen molar-refractivity contribution in [2.45, 2.75) is 20.8 Å². The van der Waals surface area contributed by atoms with Crippen LogP contribution in [0.5, 0.6) is 0 Å². The number of hydrogen-bond donors (Lipinski definition) is 1. The molecule has 0 aromatic rings. The summed E-state index contributed by atoms with van der Waals surface area (Å²) in [6.45, 7) is 4.21. The monoisotopic (exact) mass is 243 g/mol. The number of carbonyl (C=O) groups is 2. The molecule has 0 saturated heterocycles. The number of aliphatic imine (C=N–C) groups is 1. The van der Waals surface area contributed by atoms with Crippen molar-refractivity contribution in [1.82, 2.24) is 0 Å². The molecule has 0 aliphatic carbocycles. The number of esters is 2. The Labute approximate surface area is 99.9 Å². The van der Waals surface area contributed by atoms with E-state index in [4.69, 9.17) is 4.74 Å². The van der Waals surface area contributed by atoms with Crippen LogP contribution in [-0.2, 0) is 19.1 Å². The van der Waals surface area contributed by atoms with Gasteiger partial charge in [0.05, 0.1) is 6.61 Å². The molecular formula is C11H17NO5. The molecule has 0 spiro atoms. The molecule has 0 heterocycles. The lowest BCUT2D eigenvalue weighted by atomic mass is 10.1. The Morgan fingerprint density at radius 2 is 1.82 bits per heavy atom. The third-order valence-corrected chi connectivity index (χ3v) is 1.88.